The molecule has 148 valence electrons. The lowest BCUT2D eigenvalue weighted by Gasteiger charge is -2.18. The fourth-order valence-corrected chi connectivity index (χ4v) is 4.31. The number of hydrogen-bond acceptors (Lipinski definition) is 6. The quantitative estimate of drug-likeness (QED) is 0.447. The molecular formula is C23H20N6O. The van der Waals surface area contributed by atoms with Crippen LogP contribution in [0.25, 0.3) is 39.1 Å². The monoisotopic (exact) mass is 396 g/mol. The lowest BCUT2D eigenvalue weighted by Crippen LogP contribution is -2.20. The summed E-state index contributed by atoms with van der Waals surface area (Å²) < 4.78 is 7.42. The second kappa shape index (κ2) is 6.66. The molecule has 0 amide bonds. The van der Waals surface area contributed by atoms with E-state index in [1.54, 1.807) is 0 Å². The standard InChI is InChI=1S/C23H20N6O/c1-15-19(20(27-30-15)16-9-3-2-4-10-16)23-25-24-21-17-11-5-6-12-18(17)22(26-29(21)23)28-13-7-8-14-28/h2-6,9-12H,7-8,13-14H2,1H3. The summed E-state index contributed by atoms with van der Waals surface area (Å²) in [5.74, 6) is 2.32. The molecule has 4 heterocycles. The molecule has 3 aromatic heterocycles. The number of aromatic nitrogens is 5. The van der Waals surface area contributed by atoms with Gasteiger partial charge in [0.25, 0.3) is 0 Å². The van der Waals surface area contributed by atoms with Crippen molar-refractivity contribution >= 4 is 22.2 Å². The first-order valence-electron chi connectivity index (χ1n) is 10.2. The zero-order chi connectivity index (χ0) is 20.1. The van der Waals surface area contributed by atoms with Crippen LogP contribution in [0.3, 0.4) is 0 Å². The number of nitrogens with zero attached hydrogens (tertiary/aromatic N) is 6. The molecule has 1 fully saturated rings. The highest BCUT2D eigenvalue weighted by Gasteiger charge is 2.25. The van der Waals surface area contributed by atoms with Gasteiger partial charge in [-0.1, -0.05) is 59.8 Å². The van der Waals surface area contributed by atoms with Crippen LogP contribution in [0.15, 0.2) is 59.1 Å². The summed E-state index contributed by atoms with van der Waals surface area (Å²) in [6, 6.07) is 18.3. The largest absolute Gasteiger partial charge is 0.360 e. The SMILES string of the molecule is Cc1onc(-c2ccccc2)c1-c1nnc2c3ccccc3c(N3CCCC3)nn12. The van der Waals surface area contributed by atoms with E-state index in [2.05, 4.69) is 38.5 Å². The van der Waals surface area contributed by atoms with E-state index in [1.165, 1.54) is 12.8 Å². The minimum atomic E-state index is 0.647. The van der Waals surface area contributed by atoms with Gasteiger partial charge >= 0.3 is 0 Å². The molecule has 30 heavy (non-hydrogen) atoms. The molecule has 0 spiro atoms. The molecule has 0 saturated carbocycles. The van der Waals surface area contributed by atoms with Gasteiger partial charge in [0, 0.05) is 29.4 Å². The van der Waals surface area contributed by atoms with Crippen molar-refractivity contribution in [2.45, 2.75) is 19.8 Å². The van der Waals surface area contributed by atoms with Crippen molar-refractivity contribution in [1.29, 1.82) is 0 Å². The number of aryl methyl sites for hydroxylation is 1. The van der Waals surface area contributed by atoms with Crippen LogP contribution in [0, 0.1) is 6.92 Å². The van der Waals surface area contributed by atoms with Crippen LogP contribution in [-0.2, 0) is 0 Å². The third-order valence-corrected chi connectivity index (χ3v) is 5.78. The molecule has 1 aliphatic rings. The maximum absolute atomic E-state index is 5.57. The number of rotatable bonds is 3. The van der Waals surface area contributed by atoms with Crippen molar-refractivity contribution in [3.63, 3.8) is 0 Å². The Labute approximate surface area is 172 Å². The predicted molar refractivity (Wildman–Crippen MR) is 115 cm³/mol. The van der Waals surface area contributed by atoms with Gasteiger partial charge in [-0.05, 0) is 19.8 Å². The highest BCUT2D eigenvalue weighted by atomic mass is 16.5. The summed E-state index contributed by atoms with van der Waals surface area (Å²) in [7, 11) is 0. The first-order valence-corrected chi connectivity index (χ1v) is 10.2. The van der Waals surface area contributed by atoms with E-state index in [-0.39, 0.29) is 0 Å². The van der Waals surface area contributed by atoms with Crippen LogP contribution < -0.4 is 4.90 Å². The van der Waals surface area contributed by atoms with E-state index < -0.39 is 0 Å². The lowest BCUT2D eigenvalue weighted by molar-refractivity contribution is 0.400. The molecule has 6 rings (SSSR count). The van der Waals surface area contributed by atoms with Crippen molar-refractivity contribution in [1.82, 2.24) is 25.0 Å². The van der Waals surface area contributed by atoms with Gasteiger partial charge in [-0.3, -0.25) is 0 Å². The minimum Gasteiger partial charge on any atom is -0.360 e. The molecule has 0 unspecified atom stereocenters. The summed E-state index contributed by atoms with van der Waals surface area (Å²) in [4.78, 5) is 2.35. The van der Waals surface area contributed by atoms with E-state index >= 15 is 0 Å². The third-order valence-electron chi connectivity index (χ3n) is 5.78. The molecule has 7 nitrogen and oxygen atoms in total. The topological polar surface area (TPSA) is 72.3 Å². The Hall–Kier alpha value is -3.74. The lowest BCUT2D eigenvalue weighted by atomic mass is 10.1. The molecule has 1 saturated heterocycles. The summed E-state index contributed by atoms with van der Waals surface area (Å²) >= 11 is 0. The second-order valence-corrected chi connectivity index (χ2v) is 7.65. The Morgan fingerprint density at radius 2 is 1.60 bits per heavy atom. The van der Waals surface area contributed by atoms with Crippen molar-refractivity contribution in [3.8, 4) is 22.6 Å². The minimum absolute atomic E-state index is 0.647. The van der Waals surface area contributed by atoms with E-state index in [4.69, 9.17) is 9.62 Å². The second-order valence-electron chi connectivity index (χ2n) is 7.65. The van der Waals surface area contributed by atoms with Crippen LogP contribution >= 0.6 is 0 Å². The fraction of sp³-hybridized carbons (Fsp3) is 0.217. The number of fused-ring (bicyclic) bond motifs is 3. The van der Waals surface area contributed by atoms with Gasteiger partial charge in [-0.25, -0.2) is 0 Å². The molecule has 0 radical (unpaired) electrons. The van der Waals surface area contributed by atoms with E-state index in [0.29, 0.717) is 11.6 Å². The van der Waals surface area contributed by atoms with Crippen LogP contribution in [0.1, 0.15) is 18.6 Å². The molecule has 0 bridgehead atoms. The van der Waals surface area contributed by atoms with Gasteiger partial charge in [0.1, 0.15) is 11.5 Å². The van der Waals surface area contributed by atoms with Crippen molar-refractivity contribution in [2.24, 2.45) is 0 Å². The summed E-state index contributed by atoms with van der Waals surface area (Å²) in [6.45, 7) is 3.93. The highest BCUT2D eigenvalue weighted by molar-refractivity contribution is 6.00. The molecular weight excluding hydrogens is 376 g/mol. The smallest absolute Gasteiger partial charge is 0.191 e. The first-order chi connectivity index (χ1) is 14.8. The Morgan fingerprint density at radius 1 is 0.867 bits per heavy atom. The molecule has 0 N–H and O–H groups in total. The zero-order valence-electron chi connectivity index (χ0n) is 16.6. The van der Waals surface area contributed by atoms with Gasteiger partial charge in [0.2, 0.25) is 0 Å². The van der Waals surface area contributed by atoms with Gasteiger partial charge in [0.05, 0.1) is 5.56 Å². The predicted octanol–water partition coefficient (Wildman–Crippen LogP) is 4.51. The third kappa shape index (κ3) is 2.51. The van der Waals surface area contributed by atoms with Crippen LogP contribution in [-0.4, -0.2) is 38.1 Å². The summed E-state index contributed by atoms with van der Waals surface area (Å²) in [5.41, 5.74) is 3.29. The van der Waals surface area contributed by atoms with Gasteiger partial charge in [-0.15, -0.1) is 15.3 Å². The average Bonchev–Trinajstić information content (AvgIpc) is 3.53. The maximum atomic E-state index is 5.57. The molecule has 0 atom stereocenters. The zero-order valence-corrected chi connectivity index (χ0v) is 16.6. The Kier molecular flexibility index (Phi) is 3.80. The van der Waals surface area contributed by atoms with Gasteiger partial charge in [0.15, 0.2) is 17.3 Å². The Morgan fingerprint density at radius 3 is 2.40 bits per heavy atom. The molecule has 0 aliphatic carbocycles. The van der Waals surface area contributed by atoms with Crippen molar-refractivity contribution in [2.75, 3.05) is 18.0 Å². The van der Waals surface area contributed by atoms with Crippen LogP contribution in [0.4, 0.5) is 5.82 Å². The normalized spacial score (nSPS) is 14.2. The van der Waals surface area contributed by atoms with Gasteiger partial charge in [-0.2, -0.15) is 4.52 Å². The van der Waals surface area contributed by atoms with E-state index in [0.717, 1.165) is 52.1 Å². The first kappa shape index (κ1) is 17.1. The molecule has 2 aromatic carbocycles. The van der Waals surface area contributed by atoms with Crippen molar-refractivity contribution < 1.29 is 4.52 Å². The van der Waals surface area contributed by atoms with E-state index in [9.17, 15) is 0 Å². The Bertz CT molecular complexity index is 1370. The Balaban J connectivity index is 1.64. The maximum Gasteiger partial charge on any atom is 0.191 e. The number of benzene rings is 2. The average molecular weight is 396 g/mol. The summed E-state index contributed by atoms with van der Waals surface area (Å²) in [5, 5.41) is 20.5. The number of anilines is 1. The van der Waals surface area contributed by atoms with Crippen LogP contribution in [0.2, 0.25) is 0 Å². The van der Waals surface area contributed by atoms with Crippen LogP contribution in [0.5, 0.6) is 0 Å². The van der Waals surface area contributed by atoms with E-state index in [1.807, 2.05) is 47.8 Å². The number of hydrogen-bond donors (Lipinski definition) is 0. The molecule has 5 aromatic rings. The van der Waals surface area contributed by atoms with Gasteiger partial charge < -0.3 is 9.42 Å². The highest BCUT2D eigenvalue weighted by Crippen LogP contribution is 2.35. The summed E-state index contributed by atoms with van der Waals surface area (Å²) in [6.07, 6.45) is 2.37. The molecule has 1 aliphatic heterocycles. The fourth-order valence-electron chi connectivity index (χ4n) is 4.31. The van der Waals surface area contributed by atoms with Crippen molar-refractivity contribution in [3.05, 3.63) is 60.4 Å². The molecule has 7 heteroatoms.